The monoisotopic (exact) mass is 497 g/mol. The number of halogens is 1. The quantitative estimate of drug-likeness (QED) is 0.254. The Morgan fingerprint density at radius 1 is 1.19 bits per heavy atom. The van der Waals surface area contributed by atoms with Gasteiger partial charge in [0.15, 0.2) is 5.65 Å². The Morgan fingerprint density at radius 2 is 1.97 bits per heavy atom. The molecule has 0 aliphatic heterocycles. The van der Waals surface area contributed by atoms with E-state index in [1.807, 2.05) is 19.1 Å². The summed E-state index contributed by atoms with van der Waals surface area (Å²) in [5.41, 5.74) is 10.2. The van der Waals surface area contributed by atoms with Gasteiger partial charge in [0, 0.05) is 42.7 Å². The number of carbonyl (C=O) groups is 1. The number of rotatable bonds is 7. The number of nitrogens with one attached hydrogen (secondary N) is 3. The molecule has 5 rings (SSSR count). The van der Waals surface area contributed by atoms with Crippen molar-refractivity contribution in [1.82, 2.24) is 35.0 Å². The van der Waals surface area contributed by atoms with Crippen LogP contribution in [0.4, 0.5) is 10.3 Å². The molecule has 2 aromatic carbocycles. The van der Waals surface area contributed by atoms with Crippen LogP contribution in [0, 0.1) is 11.2 Å². The fourth-order valence-electron chi connectivity index (χ4n) is 4.06. The number of fused-ring (bicyclic) bond motifs is 2. The smallest absolute Gasteiger partial charge is 0.255 e. The third-order valence-corrected chi connectivity index (χ3v) is 6.07. The fourth-order valence-corrected chi connectivity index (χ4v) is 4.06. The van der Waals surface area contributed by atoms with E-state index in [4.69, 9.17) is 11.1 Å². The number of nitrogens with two attached hydrogens (primary N) is 1. The molecule has 3 heterocycles. The second kappa shape index (κ2) is 9.53. The third kappa shape index (κ3) is 4.74. The van der Waals surface area contributed by atoms with Crippen LogP contribution in [0.15, 0.2) is 72.8 Å². The number of aromatic nitrogens is 5. The van der Waals surface area contributed by atoms with Crippen molar-refractivity contribution in [2.24, 2.45) is 7.05 Å². The normalized spacial score (nSPS) is 12.6. The zero-order valence-corrected chi connectivity index (χ0v) is 20.1. The number of hydrogen-bond acceptors (Lipinski definition) is 7. The van der Waals surface area contributed by atoms with Crippen molar-refractivity contribution in [3.63, 3.8) is 0 Å². The minimum atomic E-state index is -0.386. The third-order valence-electron chi connectivity index (χ3n) is 6.07. The molecular formula is C26H24FN9O. The lowest BCUT2D eigenvalue weighted by atomic mass is 9.99. The lowest BCUT2D eigenvalue weighted by molar-refractivity contribution is 0.0968. The molecule has 11 heteroatoms. The lowest BCUT2D eigenvalue weighted by Crippen LogP contribution is -2.26. The summed E-state index contributed by atoms with van der Waals surface area (Å²) in [5.74, 6) is -0.526. The van der Waals surface area contributed by atoms with Crippen molar-refractivity contribution in [2.75, 3.05) is 5.73 Å². The molecule has 0 saturated carbocycles. The number of anilines is 1. The molecule has 0 fully saturated rings. The number of pyridine rings is 1. The van der Waals surface area contributed by atoms with Crippen LogP contribution in [-0.4, -0.2) is 36.5 Å². The first kappa shape index (κ1) is 23.7. The highest BCUT2D eigenvalue weighted by molar-refractivity contribution is 6.05. The van der Waals surface area contributed by atoms with Gasteiger partial charge in [-0.25, -0.2) is 8.91 Å². The molecule has 1 amide bonds. The zero-order chi connectivity index (χ0) is 26.1. The first-order valence-electron chi connectivity index (χ1n) is 11.4. The van der Waals surface area contributed by atoms with Crippen molar-refractivity contribution in [1.29, 1.82) is 5.41 Å². The molecule has 0 saturated heterocycles. The summed E-state index contributed by atoms with van der Waals surface area (Å²) in [4.78, 5) is 17.5. The van der Waals surface area contributed by atoms with Crippen LogP contribution >= 0.6 is 0 Å². The topological polar surface area (TPSA) is 139 Å². The maximum atomic E-state index is 13.2. The van der Waals surface area contributed by atoms with Gasteiger partial charge in [-0.05, 0) is 60.0 Å². The van der Waals surface area contributed by atoms with Crippen molar-refractivity contribution >= 4 is 34.6 Å². The van der Waals surface area contributed by atoms with Crippen LogP contribution in [0.3, 0.4) is 0 Å². The van der Waals surface area contributed by atoms with Crippen LogP contribution in [0.1, 0.15) is 28.9 Å². The van der Waals surface area contributed by atoms with Crippen LogP contribution in [0.25, 0.3) is 27.7 Å². The predicted octanol–water partition coefficient (Wildman–Crippen LogP) is 3.58. The van der Waals surface area contributed by atoms with E-state index >= 15 is 0 Å². The number of carbonyl (C=O) groups excluding carboxylic acids is 1. The van der Waals surface area contributed by atoms with Gasteiger partial charge in [0.1, 0.15) is 5.82 Å². The maximum Gasteiger partial charge on any atom is 0.255 e. The summed E-state index contributed by atoms with van der Waals surface area (Å²) < 4.78 is 16.5. The average Bonchev–Trinajstić information content (AvgIpc) is 3.46. The van der Waals surface area contributed by atoms with E-state index in [0.717, 1.165) is 33.8 Å². The molecule has 5 N–H and O–H groups in total. The number of allylic oxidation sites excluding steroid dienone is 1. The number of aryl methyl sites for hydroxylation is 1. The summed E-state index contributed by atoms with van der Waals surface area (Å²) >= 11 is 0. The molecule has 0 spiro atoms. The van der Waals surface area contributed by atoms with Crippen molar-refractivity contribution in [2.45, 2.75) is 13.0 Å². The van der Waals surface area contributed by atoms with Crippen molar-refractivity contribution < 1.29 is 9.18 Å². The Kier molecular flexibility index (Phi) is 6.10. The lowest BCUT2D eigenvalue weighted by Gasteiger charge is -2.14. The van der Waals surface area contributed by atoms with E-state index in [1.165, 1.54) is 12.1 Å². The molecule has 0 radical (unpaired) electrons. The van der Waals surface area contributed by atoms with Crippen molar-refractivity contribution in [3.05, 3.63) is 89.8 Å². The summed E-state index contributed by atoms with van der Waals surface area (Å²) in [6.45, 7) is 1.90. The Bertz CT molecular complexity index is 1670. The van der Waals surface area contributed by atoms with Crippen LogP contribution < -0.4 is 16.4 Å². The zero-order valence-electron chi connectivity index (χ0n) is 20.1. The number of nitrogen functional groups attached to an aromatic ring is 1. The van der Waals surface area contributed by atoms with Gasteiger partial charge in [-0.15, -0.1) is 5.10 Å². The summed E-state index contributed by atoms with van der Waals surface area (Å²) in [7, 11) is 1.81. The minimum Gasteiger partial charge on any atom is -0.383 e. The summed E-state index contributed by atoms with van der Waals surface area (Å²) in [6.07, 6.45) is 6.10. The van der Waals surface area contributed by atoms with E-state index in [1.54, 1.807) is 59.1 Å². The van der Waals surface area contributed by atoms with Crippen LogP contribution in [0.5, 0.6) is 0 Å². The summed E-state index contributed by atoms with van der Waals surface area (Å²) in [6, 6.07) is 13.2. The summed E-state index contributed by atoms with van der Waals surface area (Å²) in [5, 5.41) is 23.0. The maximum absolute atomic E-state index is 13.2. The van der Waals surface area contributed by atoms with Gasteiger partial charge in [-0.1, -0.05) is 12.1 Å². The molecule has 1 atom stereocenters. The van der Waals surface area contributed by atoms with Crippen LogP contribution in [0.2, 0.25) is 0 Å². The van der Waals surface area contributed by atoms with Gasteiger partial charge < -0.3 is 21.8 Å². The molecule has 5 aromatic rings. The van der Waals surface area contributed by atoms with E-state index < -0.39 is 0 Å². The van der Waals surface area contributed by atoms with E-state index in [0.29, 0.717) is 11.2 Å². The van der Waals surface area contributed by atoms with E-state index in [2.05, 4.69) is 25.8 Å². The number of amides is 1. The van der Waals surface area contributed by atoms with E-state index in [9.17, 15) is 9.18 Å². The Hall–Kier alpha value is -5.06. The molecule has 0 bridgehead atoms. The molecule has 3 aromatic heterocycles. The molecular weight excluding hydrogens is 473 g/mol. The average molecular weight is 498 g/mol. The molecule has 186 valence electrons. The van der Waals surface area contributed by atoms with Crippen LogP contribution in [-0.2, 0) is 7.05 Å². The van der Waals surface area contributed by atoms with Crippen molar-refractivity contribution in [3.8, 4) is 11.1 Å². The van der Waals surface area contributed by atoms with Gasteiger partial charge in [0.2, 0.25) is 5.95 Å². The predicted molar refractivity (Wildman–Crippen MR) is 139 cm³/mol. The highest BCUT2D eigenvalue weighted by Gasteiger charge is 2.16. The second-order valence-corrected chi connectivity index (χ2v) is 8.55. The number of nitrogens with zero attached hydrogens (tertiary/aromatic N) is 5. The largest absolute Gasteiger partial charge is 0.383 e. The fraction of sp³-hybridized carbons (Fsp3) is 0.115. The standard InChI is InChI=1S/C26H24FN9O/c1-15(16-3-5-19(27)6-4-16)30-13-20(12-28)32-25(37)18-9-21(22-14-31-35(2)23(22)10-18)17-7-8-36-24(11-17)33-26(29)34-36/h3-15,28,30H,1-2H3,(H2,29,34)(H,32,37)/b20-13+,28-12?. The van der Waals surface area contributed by atoms with Gasteiger partial charge in [0.25, 0.3) is 5.91 Å². The van der Waals surface area contributed by atoms with Gasteiger partial charge in [0.05, 0.1) is 17.4 Å². The second-order valence-electron chi connectivity index (χ2n) is 8.55. The van der Waals surface area contributed by atoms with E-state index in [-0.39, 0.29) is 29.4 Å². The molecule has 1 unspecified atom stereocenters. The molecule has 0 aliphatic carbocycles. The number of hydrogen-bond donors (Lipinski definition) is 4. The highest BCUT2D eigenvalue weighted by Crippen LogP contribution is 2.31. The first-order chi connectivity index (χ1) is 17.8. The molecule has 10 nitrogen and oxygen atoms in total. The Labute approximate surface area is 211 Å². The van der Waals surface area contributed by atoms with Gasteiger partial charge >= 0.3 is 0 Å². The SMILES string of the molecule is CC(N/C=C(\C=N)NC(=O)c1cc(-c2ccn3nc(N)nc3c2)c2cnn(C)c2c1)c1ccc(F)cc1. The highest BCUT2D eigenvalue weighted by atomic mass is 19.1. The van der Waals surface area contributed by atoms with Gasteiger partial charge in [-0.3, -0.25) is 9.48 Å². The number of benzene rings is 2. The molecule has 0 aliphatic rings. The Balaban J connectivity index is 1.44. The first-order valence-corrected chi connectivity index (χ1v) is 11.4. The molecule has 37 heavy (non-hydrogen) atoms. The Morgan fingerprint density at radius 3 is 2.73 bits per heavy atom. The van der Waals surface area contributed by atoms with Gasteiger partial charge in [-0.2, -0.15) is 10.1 Å². The minimum absolute atomic E-state index is 0.161.